The highest BCUT2D eigenvalue weighted by molar-refractivity contribution is 6.31. The van der Waals surface area contributed by atoms with Crippen LogP contribution in [0, 0.1) is 0 Å². The van der Waals surface area contributed by atoms with Crippen molar-refractivity contribution in [1.82, 2.24) is 8.97 Å². The third-order valence-electron chi connectivity index (χ3n) is 11.7. The Morgan fingerprint density at radius 2 is 0.724 bits per heavy atom. The number of rotatable bonds is 7. The van der Waals surface area contributed by atoms with Crippen LogP contribution >= 0.6 is 0 Å². The highest BCUT2D eigenvalue weighted by Crippen LogP contribution is 2.47. The first-order valence-corrected chi connectivity index (χ1v) is 19.9. The summed E-state index contributed by atoms with van der Waals surface area (Å²) in [6.07, 6.45) is 0. The molecule has 0 atom stereocenters. The lowest BCUT2D eigenvalue weighted by Crippen LogP contribution is -2.11. The molecule has 0 spiro atoms. The lowest BCUT2D eigenvalue weighted by atomic mass is 10.0. The molecule has 4 heteroatoms. The summed E-state index contributed by atoms with van der Waals surface area (Å²) >= 11 is 0. The van der Waals surface area contributed by atoms with Gasteiger partial charge in [0, 0.05) is 61.1 Å². The molecule has 0 N–H and O–H groups in total. The van der Waals surface area contributed by atoms with Gasteiger partial charge in [0.25, 0.3) is 0 Å². The molecule has 0 saturated heterocycles. The fraction of sp³-hybridized carbons (Fsp3) is 0. The van der Waals surface area contributed by atoms with E-state index in [2.05, 4.69) is 237 Å². The number of para-hydroxylation sites is 6. The quantitative estimate of drug-likeness (QED) is 0.162. The molecule has 0 aliphatic carbocycles. The third-order valence-corrected chi connectivity index (χ3v) is 11.7. The summed E-state index contributed by atoms with van der Waals surface area (Å²) in [4.78, 5) is 4.73. The minimum atomic E-state index is 1.09. The highest BCUT2D eigenvalue weighted by Gasteiger charge is 2.25. The fourth-order valence-electron chi connectivity index (χ4n) is 9.42. The van der Waals surface area contributed by atoms with Gasteiger partial charge in [-0.2, -0.15) is 0 Å². The van der Waals surface area contributed by atoms with Gasteiger partial charge in [-0.05, 0) is 96.4 Å². The Labute approximate surface area is 335 Å². The lowest BCUT2D eigenvalue weighted by Gasteiger charge is -2.27. The molecule has 0 amide bonds. The van der Waals surface area contributed by atoms with Crippen LogP contribution in [-0.2, 0) is 0 Å². The van der Waals surface area contributed by atoms with Crippen molar-refractivity contribution >= 4 is 94.0 Å². The van der Waals surface area contributed by atoms with Crippen molar-refractivity contribution in [2.45, 2.75) is 0 Å². The molecule has 272 valence electrons. The number of fused-ring (bicyclic) bond motifs is 5. The largest absolute Gasteiger partial charge is 0.310 e. The average Bonchev–Trinajstić information content (AvgIpc) is 3.77. The minimum absolute atomic E-state index is 1.09. The van der Waals surface area contributed by atoms with E-state index in [0.717, 1.165) is 45.3 Å². The standard InChI is InChI=1S/C54H36N4/c1-5-18-37(19-6-1)55(38-20-7-2-8-21-38)41-26-15-27-42(34-41)57-49-33-17-29-45-47-31-16-30-46-44-28-13-14-32-48(44)58(54(46)47)51-36-43(35-50(57)53(51)52(45)49)56(39-22-9-3-10-23-39)40-24-11-4-12-25-40/h1-36H. The van der Waals surface area contributed by atoms with Crippen molar-refractivity contribution in [2.24, 2.45) is 0 Å². The van der Waals surface area contributed by atoms with Crippen LogP contribution in [0.3, 0.4) is 0 Å². The van der Waals surface area contributed by atoms with Gasteiger partial charge in [0.05, 0.1) is 33.3 Å². The summed E-state index contributed by atoms with van der Waals surface area (Å²) in [6, 6.07) is 79.1. The molecule has 3 heterocycles. The van der Waals surface area contributed by atoms with E-state index in [4.69, 9.17) is 0 Å². The van der Waals surface area contributed by atoms with E-state index in [9.17, 15) is 0 Å². The molecular weight excluding hydrogens is 705 g/mol. The van der Waals surface area contributed by atoms with Crippen molar-refractivity contribution in [3.05, 3.63) is 218 Å². The molecule has 0 unspecified atom stereocenters. The zero-order valence-corrected chi connectivity index (χ0v) is 31.6. The topological polar surface area (TPSA) is 15.8 Å². The number of hydrogen-bond donors (Lipinski definition) is 0. The number of nitrogens with zero attached hydrogens (tertiary/aromatic N) is 4. The molecule has 0 saturated carbocycles. The van der Waals surface area contributed by atoms with Gasteiger partial charge in [0.15, 0.2) is 0 Å². The molecule has 58 heavy (non-hydrogen) atoms. The van der Waals surface area contributed by atoms with Crippen LogP contribution in [0.25, 0.3) is 65.6 Å². The van der Waals surface area contributed by atoms with E-state index in [1.807, 2.05) is 0 Å². The SMILES string of the molecule is c1ccc(N(c2ccccc2)c2cccc(-n3c4cccc5c6cccc7c8ccccc8n(c8cc(N(c9ccccc9)c9ccccc9)cc3c8c54)c67)c2)cc1. The molecule has 0 aliphatic heterocycles. The summed E-state index contributed by atoms with van der Waals surface area (Å²) in [7, 11) is 0. The van der Waals surface area contributed by atoms with Crippen molar-refractivity contribution in [2.75, 3.05) is 9.80 Å². The Bertz CT molecular complexity index is 3360. The molecule has 4 nitrogen and oxygen atoms in total. The van der Waals surface area contributed by atoms with Gasteiger partial charge in [-0.1, -0.05) is 127 Å². The van der Waals surface area contributed by atoms with Crippen LogP contribution in [0.2, 0.25) is 0 Å². The maximum absolute atomic E-state index is 2.53. The van der Waals surface area contributed by atoms with E-state index < -0.39 is 0 Å². The van der Waals surface area contributed by atoms with Gasteiger partial charge in [-0.15, -0.1) is 0 Å². The second-order valence-corrected chi connectivity index (χ2v) is 15.0. The molecular formula is C54H36N4. The van der Waals surface area contributed by atoms with Gasteiger partial charge in [-0.3, -0.25) is 0 Å². The van der Waals surface area contributed by atoms with Crippen LogP contribution < -0.4 is 9.80 Å². The van der Waals surface area contributed by atoms with E-state index in [-0.39, 0.29) is 0 Å². The zero-order valence-electron chi connectivity index (χ0n) is 31.6. The Balaban J connectivity index is 1.25. The van der Waals surface area contributed by atoms with Crippen molar-refractivity contribution in [3.8, 4) is 5.69 Å². The van der Waals surface area contributed by atoms with E-state index in [1.54, 1.807) is 0 Å². The van der Waals surface area contributed by atoms with Crippen molar-refractivity contribution in [1.29, 1.82) is 0 Å². The van der Waals surface area contributed by atoms with Gasteiger partial charge >= 0.3 is 0 Å². The minimum Gasteiger partial charge on any atom is -0.310 e. The van der Waals surface area contributed by atoms with Gasteiger partial charge in [0.1, 0.15) is 0 Å². The monoisotopic (exact) mass is 740 g/mol. The maximum Gasteiger partial charge on any atom is 0.0619 e. The third kappa shape index (κ3) is 4.82. The molecule has 3 aromatic heterocycles. The van der Waals surface area contributed by atoms with Crippen molar-refractivity contribution < 1.29 is 0 Å². The Morgan fingerprint density at radius 3 is 1.36 bits per heavy atom. The summed E-state index contributed by atoms with van der Waals surface area (Å²) in [5.74, 6) is 0. The summed E-state index contributed by atoms with van der Waals surface area (Å²) < 4.78 is 5.02. The number of benzene rings is 9. The smallest absolute Gasteiger partial charge is 0.0619 e. The second kappa shape index (κ2) is 12.9. The summed E-state index contributed by atoms with van der Waals surface area (Å²) in [6.45, 7) is 0. The zero-order chi connectivity index (χ0) is 38.2. The first kappa shape index (κ1) is 32.4. The van der Waals surface area contributed by atoms with Crippen molar-refractivity contribution in [3.63, 3.8) is 0 Å². The van der Waals surface area contributed by atoms with Gasteiger partial charge < -0.3 is 18.8 Å². The lowest BCUT2D eigenvalue weighted by molar-refractivity contribution is 1.17. The first-order valence-electron chi connectivity index (χ1n) is 19.9. The predicted molar refractivity (Wildman–Crippen MR) is 245 cm³/mol. The molecule has 12 rings (SSSR count). The number of hydrogen-bond acceptors (Lipinski definition) is 2. The van der Waals surface area contributed by atoms with Crippen LogP contribution in [0.15, 0.2) is 218 Å². The Kier molecular flexibility index (Phi) is 7.20. The maximum atomic E-state index is 2.53. The molecule has 0 fully saturated rings. The summed E-state index contributed by atoms with van der Waals surface area (Å²) in [5, 5.41) is 7.51. The highest BCUT2D eigenvalue weighted by atomic mass is 15.2. The Morgan fingerprint density at radius 1 is 0.276 bits per heavy atom. The van der Waals surface area contributed by atoms with E-state index >= 15 is 0 Å². The molecule has 9 aromatic carbocycles. The van der Waals surface area contributed by atoms with Crippen LogP contribution in [0.1, 0.15) is 0 Å². The predicted octanol–water partition coefficient (Wildman–Crippen LogP) is 14.9. The van der Waals surface area contributed by atoms with Gasteiger partial charge in [0.2, 0.25) is 0 Å². The number of aromatic nitrogens is 2. The number of anilines is 6. The first-order chi connectivity index (χ1) is 28.8. The second-order valence-electron chi connectivity index (χ2n) is 15.0. The average molecular weight is 741 g/mol. The van der Waals surface area contributed by atoms with Gasteiger partial charge in [-0.25, -0.2) is 0 Å². The molecule has 0 bridgehead atoms. The van der Waals surface area contributed by atoms with E-state index in [1.165, 1.54) is 54.4 Å². The van der Waals surface area contributed by atoms with Crippen LogP contribution in [0.4, 0.5) is 34.1 Å². The molecule has 12 aromatic rings. The molecule has 0 radical (unpaired) electrons. The normalized spacial score (nSPS) is 11.8. The summed E-state index contributed by atoms with van der Waals surface area (Å²) in [5.41, 5.74) is 13.6. The Hall–Kier alpha value is -7.82. The van der Waals surface area contributed by atoms with Crippen LogP contribution in [-0.4, -0.2) is 8.97 Å². The fourth-order valence-corrected chi connectivity index (χ4v) is 9.42. The van der Waals surface area contributed by atoms with E-state index in [0.29, 0.717) is 0 Å². The van der Waals surface area contributed by atoms with Crippen LogP contribution in [0.5, 0.6) is 0 Å². The molecule has 0 aliphatic rings.